The van der Waals surface area contributed by atoms with Crippen molar-refractivity contribution < 1.29 is 4.79 Å². The first-order chi connectivity index (χ1) is 9.72. The number of nitrogen functional groups attached to an aromatic ring is 1. The Bertz CT molecular complexity index is 569. The van der Waals surface area contributed by atoms with Crippen molar-refractivity contribution >= 4 is 17.3 Å². The van der Waals surface area contributed by atoms with Crippen molar-refractivity contribution in [3.63, 3.8) is 0 Å². The molecule has 104 valence electrons. The first-order valence-electron chi connectivity index (χ1n) is 6.76. The summed E-state index contributed by atoms with van der Waals surface area (Å²) in [5.41, 5.74) is 8.54. The minimum absolute atomic E-state index is 0.0990. The molecular formula is C16H19N3O. The van der Waals surface area contributed by atoms with Crippen molar-refractivity contribution in [2.45, 2.75) is 19.8 Å². The first kappa shape index (κ1) is 14.1. The van der Waals surface area contributed by atoms with Gasteiger partial charge in [-0.05, 0) is 37.1 Å². The van der Waals surface area contributed by atoms with Gasteiger partial charge in [0.1, 0.15) is 0 Å². The third kappa shape index (κ3) is 3.35. The average Bonchev–Trinajstić information content (AvgIpc) is 2.48. The summed E-state index contributed by atoms with van der Waals surface area (Å²) < 4.78 is 0. The van der Waals surface area contributed by atoms with Crippen LogP contribution in [0.5, 0.6) is 0 Å². The van der Waals surface area contributed by atoms with E-state index in [1.807, 2.05) is 43.3 Å². The normalized spacial score (nSPS) is 10.2. The summed E-state index contributed by atoms with van der Waals surface area (Å²) in [5.74, 6) is 0.0990. The van der Waals surface area contributed by atoms with Crippen LogP contribution in [-0.4, -0.2) is 17.4 Å². The molecule has 4 heteroatoms. The summed E-state index contributed by atoms with van der Waals surface area (Å²) >= 11 is 0. The number of pyridine rings is 1. The molecule has 1 heterocycles. The molecule has 20 heavy (non-hydrogen) atoms. The molecule has 0 bridgehead atoms. The van der Waals surface area contributed by atoms with Crippen LogP contribution in [0.15, 0.2) is 48.8 Å². The second-order valence-electron chi connectivity index (χ2n) is 4.54. The van der Waals surface area contributed by atoms with E-state index >= 15 is 0 Å². The number of anilines is 2. The number of carbonyl (C=O) groups is 1. The van der Waals surface area contributed by atoms with Gasteiger partial charge in [0, 0.05) is 36.7 Å². The van der Waals surface area contributed by atoms with Crippen molar-refractivity contribution in [1.82, 2.24) is 4.98 Å². The van der Waals surface area contributed by atoms with Gasteiger partial charge in [-0.15, -0.1) is 0 Å². The quantitative estimate of drug-likeness (QED) is 0.849. The number of hydrogen-bond donors (Lipinski definition) is 1. The van der Waals surface area contributed by atoms with Crippen molar-refractivity contribution in [1.29, 1.82) is 0 Å². The Morgan fingerprint density at radius 1 is 1.20 bits per heavy atom. The van der Waals surface area contributed by atoms with Gasteiger partial charge in [-0.2, -0.15) is 0 Å². The maximum absolute atomic E-state index is 12.3. The maximum atomic E-state index is 12.3. The van der Waals surface area contributed by atoms with E-state index in [0.29, 0.717) is 19.4 Å². The Morgan fingerprint density at radius 2 is 1.90 bits per heavy atom. The molecule has 0 atom stereocenters. The summed E-state index contributed by atoms with van der Waals surface area (Å²) in [5, 5.41) is 0. The first-order valence-corrected chi connectivity index (χ1v) is 6.76. The third-order valence-corrected chi connectivity index (χ3v) is 3.25. The molecule has 2 rings (SSSR count). The van der Waals surface area contributed by atoms with E-state index in [1.54, 1.807) is 17.3 Å². The minimum Gasteiger partial charge on any atom is -0.399 e. The van der Waals surface area contributed by atoms with Crippen molar-refractivity contribution in [2.24, 2.45) is 0 Å². The fourth-order valence-corrected chi connectivity index (χ4v) is 2.17. The van der Waals surface area contributed by atoms with Gasteiger partial charge in [0.2, 0.25) is 5.91 Å². The highest BCUT2D eigenvalue weighted by molar-refractivity contribution is 5.93. The van der Waals surface area contributed by atoms with E-state index < -0.39 is 0 Å². The van der Waals surface area contributed by atoms with Crippen LogP contribution in [0, 0.1) is 0 Å². The van der Waals surface area contributed by atoms with Crippen molar-refractivity contribution in [3.8, 4) is 0 Å². The number of para-hydroxylation sites is 1. The summed E-state index contributed by atoms with van der Waals surface area (Å²) in [7, 11) is 0. The lowest BCUT2D eigenvalue weighted by atomic mass is 10.1. The summed E-state index contributed by atoms with van der Waals surface area (Å²) in [6.07, 6.45) is 4.50. The van der Waals surface area contributed by atoms with E-state index in [1.165, 1.54) is 0 Å². The van der Waals surface area contributed by atoms with Crippen LogP contribution in [0.3, 0.4) is 0 Å². The maximum Gasteiger partial charge on any atom is 0.227 e. The van der Waals surface area contributed by atoms with Gasteiger partial charge in [0.05, 0.1) is 0 Å². The second kappa shape index (κ2) is 6.70. The number of aryl methyl sites for hydroxylation is 1. The van der Waals surface area contributed by atoms with Crippen LogP contribution in [0.4, 0.5) is 11.4 Å². The lowest BCUT2D eigenvalue weighted by molar-refractivity contribution is -0.118. The Balaban J connectivity index is 2.02. The van der Waals surface area contributed by atoms with Crippen LogP contribution in [-0.2, 0) is 11.2 Å². The molecule has 4 nitrogen and oxygen atoms in total. The molecular weight excluding hydrogens is 250 g/mol. The predicted octanol–water partition coefficient (Wildman–Crippen LogP) is 2.65. The van der Waals surface area contributed by atoms with Crippen molar-refractivity contribution in [2.75, 3.05) is 17.2 Å². The summed E-state index contributed by atoms with van der Waals surface area (Å²) in [6.45, 7) is 2.61. The van der Waals surface area contributed by atoms with E-state index in [-0.39, 0.29) is 5.91 Å². The number of nitrogens with two attached hydrogens (primary N) is 1. The molecule has 0 aliphatic carbocycles. The van der Waals surface area contributed by atoms with Crippen LogP contribution in [0.25, 0.3) is 0 Å². The molecule has 0 aliphatic rings. The average molecular weight is 269 g/mol. The SMILES string of the molecule is CCN(C(=O)CCc1ccccc1N)c1ccncc1. The van der Waals surface area contributed by atoms with Gasteiger partial charge < -0.3 is 10.6 Å². The summed E-state index contributed by atoms with van der Waals surface area (Å²) in [6, 6.07) is 11.4. The number of hydrogen-bond acceptors (Lipinski definition) is 3. The van der Waals surface area contributed by atoms with Crippen LogP contribution in [0.1, 0.15) is 18.9 Å². The molecule has 1 amide bonds. The lowest BCUT2D eigenvalue weighted by Crippen LogP contribution is -2.30. The number of aromatic nitrogens is 1. The minimum atomic E-state index is 0.0990. The third-order valence-electron chi connectivity index (χ3n) is 3.25. The molecule has 0 fully saturated rings. The molecule has 2 N–H and O–H groups in total. The highest BCUT2D eigenvalue weighted by Gasteiger charge is 2.13. The van der Waals surface area contributed by atoms with Crippen LogP contribution >= 0.6 is 0 Å². The molecule has 1 aromatic heterocycles. The van der Waals surface area contributed by atoms with Gasteiger partial charge in [-0.3, -0.25) is 9.78 Å². The molecule has 0 unspecified atom stereocenters. The fraction of sp³-hybridized carbons (Fsp3) is 0.250. The second-order valence-corrected chi connectivity index (χ2v) is 4.54. The zero-order chi connectivity index (χ0) is 14.4. The van der Waals surface area contributed by atoms with Gasteiger partial charge in [-0.25, -0.2) is 0 Å². The molecule has 0 saturated carbocycles. The van der Waals surface area contributed by atoms with Gasteiger partial charge in [0.25, 0.3) is 0 Å². The molecule has 1 aromatic carbocycles. The molecule has 2 aromatic rings. The van der Waals surface area contributed by atoms with E-state index in [4.69, 9.17) is 5.73 Å². The number of rotatable bonds is 5. The van der Waals surface area contributed by atoms with Crippen LogP contribution < -0.4 is 10.6 Å². The summed E-state index contributed by atoms with van der Waals surface area (Å²) in [4.78, 5) is 18.1. The van der Waals surface area contributed by atoms with Gasteiger partial charge >= 0.3 is 0 Å². The van der Waals surface area contributed by atoms with E-state index in [0.717, 1.165) is 16.9 Å². The lowest BCUT2D eigenvalue weighted by Gasteiger charge is -2.21. The molecule has 0 aliphatic heterocycles. The smallest absolute Gasteiger partial charge is 0.227 e. The van der Waals surface area contributed by atoms with Gasteiger partial charge in [0.15, 0.2) is 0 Å². The standard InChI is InChI=1S/C16H19N3O/c1-2-19(14-9-11-18-12-10-14)16(20)8-7-13-5-3-4-6-15(13)17/h3-6,9-12H,2,7-8,17H2,1H3. The zero-order valence-corrected chi connectivity index (χ0v) is 11.6. The Morgan fingerprint density at radius 3 is 2.55 bits per heavy atom. The highest BCUT2D eigenvalue weighted by atomic mass is 16.2. The molecule has 0 spiro atoms. The van der Waals surface area contributed by atoms with Gasteiger partial charge in [-0.1, -0.05) is 18.2 Å². The van der Waals surface area contributed by atoms with E-state index in [2.05, 4.69) is 4.98 Å². The Hall–Kier alpha value is -2.36. The fourth-order valence-electron chi connectivity index (χ4n) is 2.17. The Kier molecular flexibility index (Phi) is 4.71. The number of amides is 1. The van der Waals surface area contributed by atoms with Crippen molar-refractivity contribution in [3.05, 3.63) is 54.4 Å². The molecule has 0 saturated heterocycles. The number of carbonyl (C=O) groups excluding carboxylic acids is 1. The Labute approximate surface area is 119 Å². The number of benzene rings is 1. The van der Waals surface area contributed by atoms with E-state index in [9.17, 15) is 4.79 Å². The monoisotopic (exact) mass is 269 g/mol. The topological polar surface area (TPSA) is 59.2 Å². The largest absolute Gasteiger partial charge is 0.399 e. The number of nitrogens with zero attached hydrogens (tertiary/aromatic N) is 2. The van der Waals surface area contributed by atoms with Crippen LogP contribution in [0.2, 0.25) is 0 Å². The zero-order valence-electron chi connectivity index (χ0n) is 11.6. The highest BCUT2D eigenvalue weighted by Crippen LogP contribution is 2.16. The predicted molar refractivity (Wildman–Crippen MR) is 81.4 cm³/mol. The molecule has 0 radical (unpaired) electrons.